The summed E-state index contributed by atoms with van der Waals surface area (Å²) in [5, 5.41) is 7.42. The Balaban J connectivity index is 0.000000765. The number of aliphatic carboxylic acids is 1. The standard InChI is InChI=1S/C14H18F3N5.C2H4O2/c15-14(16,17)10-4-6-11(7-5-10)20-12(18)21-13(19)22-8-2-1-3-9-22;1-2(3)4/h4-7H,1-3,8-9H2,(H4,18,19,20,21);1H3,(H,3,4). The minimum atomic E-state index is -4.37. The summed E-state index contributed by atoms with van der Waals surface area (Å²) in [4.78, 5) is 18.9. The molecule has 0 atom stereocenters. The molecule has 1 heterocycles. The van der Waals surface area contributed by atoms with E-state index in [0.29, 0.717) is 5.69 Å². The van der Waals surface area contributed by atoms with Crippen LogP contribution in [0.25, 0.3) is 0 Å². The zero-order valence-corrected chi connectivity index (χ0v) is 14.3. The van der Waals surface area contributed by atoms with E-state index in [1.54, 1.807) is 0 Å². The smallest absolute Gasteiger partial charge is 0.416 e. The van der Waals surface area contributed by atoms with E-state index in [1.165, 1.54) is 18.6 Å². The Hall–Kier alpha value is -2.78. The second kappa shape index (κ2) is 9.64. The van der Waals surface area contributed by atoms with E-state index in [1.807, 2.05) is 4.90 Å². The average Bonchev–Trinajstić information content (AvgIpc) is 2.54. The number of carbonyl (C=O) groups is 1. The van der Waals surface area contributed by atoms with Crippen molar-refractivity contribution < 1.29 is 23.1 Å². The molecule has 2 rings (SSSR count). The third-order valence-electron chi connectivity index (χ3n) is 3.35. The van der Waals surface area contributed by atoms with Crippen LogP contribution in [-0.4, -0.2) is 41.0 Å². The van der Waals surface area contributed by atoms with Gasteiger partial charge in [0.1, 0.15) is 0 Å². The van der Waals surface area contributed by atoms with Gasteiger partial charge < -0.3 is 21.5 Å². The maximum absolute atomic E-state index is 12.5. The molecule has 0 radical (unpaired) electrons. The summed E-state index contributed by atoms with van der Waals surface area (Å²) in [5.74, 6) is -0.629. The molecule has 0 aliphatic carbocycles. The van der Waals surface area contributed by atoms with Crippen molar-refractivity contribution in [1.29, 1.82) is 0 Å². The molecule has 1 aliphatic rings. The minimum absolute atomic E-state index is 0.0807. The number of piperidine rings is 1. The van der Waals surface area contributed by atoms with Gasteiger partial charge in [0, 0.05) is 20.0 Å². The molecule has 1 saturated heterocycles. The number of hydrogen-bond donors (Lipinski definition) is 3. The van der Waals surface area contributed by atoms with E-state index in [4.69, 9.17) is 21.4 Å². The molecular formula is C16H22F3N5O2. The highest BCUT2D eigenvalue weighted by molar-refractivity contribution is 5.94. The summed E-state index contributed by atoms with van der Waals surface area (Å²) >= 11 is 0. The van der Waals surface area contributed by atoms with Gasteiger partial charge in [-0.2, -0.15) is 18.2 Å². The Kier molecular flexibility index (Phi) is 7.88. The predicted molar refractivity (Wildman–Crippen MR) is 93.1 cm³/mol. The number of carboxylic acid groups (broad SMARTS) is 1. The first-order valence-electron chi connectivity index (χ1n) is 7.89. The highest BCUT2D eigenvalue weighted by Crippen LogP contribution is 2.30. The van der Waals surface area contributed by atoms with Gasteiger partial charge in [0.2, 0.25) is 5.96 Å². The summed E-state index contributed by atoms with van der Waals surface area (Å²) in [7, 11) is 0. The fraction of sp³-hybridized carbons (Fsp3) is 0.438. The molecule has 1 aromatic carbocycles. The quantitative estimate of drug-likeness (QED) is 0.516. The molecule has 1 fully saturated rings. The van der Waals surface area contributed by atoms with Crippen molar-refractivity contribution in [3.05, 3.63) is 29.8 Å². The normalized spacial score (nSPS) is 15.9. The van der Waals surface area contributed by atoms with Crippen molar-refractivity contribution in [3.63, 3.8) is 0 Å². The molecule has 144 valence electrons. The van der Waals surface area contributed by atoms with Crippen LogP contribution in [0.15, 0.2) is 34.3 Å². The van der Waals surface area contributed by atoms with E-state index in [-0.39, 0.29) is 11.9 Å². The van der Waals surface area contributed by atoms with Crippen LogP contribution >= 0.6 is 0 Å². The number of hydrogen-bond acceptors (Lipinski definition) is 2. The zero-order valence-electron chi connectivity index (χ0n) is 14.3. The summed E-state index contributed by atoms with van der Waals surface area (Å²) < 4.78 is 37.4. The third-order valence-corrected chi connectivity index (χ3v) is 3.35. The lowest BCUT2D eigenvalue weighted by Gasteiger charge is -2.27. The number of benzene rings is 1. The molecule has 7 nitrogen and oxygen atoms in total. The third kappa shape index (κ3) is 7.86. The molecule has 1 aromatic rings. The fourth-order valence-electron chi connectivity index (χ4n) is 2.19. The maximum atomic E-state index is 12.5. The number of nitrogens with zero attached hydrogens (tertiary/aromatic N) is 3. The van der Waals surface area contributed by atoms with Crippen LogP contribution in [-0.2, 0) is 11.0 Å². The summed E-state index contributed by atoms with van der Waals surface area (Å²) in [5.41, 5.74) is 11.1. The molecule has 0 amide bonds. The van der Waals surface area contributed by atoms with Crippen molar-refractivity contribution in [2.24, 2.45) is 21.5 Å². The minimum Gasteiger partial charge on any atom is -0.481 e. The first-order valence-corrected chi connectivity index (χ1v) is 7.89. The fourth-order valence-corrected chi connectivity index (χ4v) is 2.19. The topological polar surface area (TPSA) is 117 Å². The van der Waals surface area contributed by atoms with Crippen LogP contribution in [0, 0.1) is 0 Å². The van der Waals surface area contributed by atoms with Crippen LogP contribution in [0.2, 0.25) is 0 Å². The van der Waals surface area contributed by atoms with Gasteiger partial charge in [-0.15, -0.1) is 0 Å². The van der Waals surface area contributed by atoms with Gasteiger partial charge in [-0.3, -0.25) is 4.79 Å². The first kappa shape index (κ1) is 21.3. The molecule has 26 heavy (non-hydrogen) atoms. The second-order valence-corrected chi connectivity index (χ2v) is 5.55. The van der Waals surface area contributed by atoms with E-state index in [9.17, 15) is 13.2 Å². The number of alkyl halides is 3. The summed E-state index contributed by atoms with van der Waals surface area (Å²) in [6, 6.07) is 4.37. The summed E-state index contributed by atoms with van der Waals surface area (Å²) in [6.45, 7) is 2.73. The van der Waals surface area contributed by atoms with Gasteiger partial charge in [0.15, 0.2) is 5.96 Å². The molecule has 1 aliphatic heterocycles. The van der Waals surface area contributed by atoms with Gasteiger partial charge in [0.25, 0.3) is 5.97 Å². The Bertz CT molecular complexity index is 647. The van der Waals surface area contributed by atoms with E-state index in [0.717, 1.165) is 45.0 Å². The Morgan fingerprint density at radius 3 is 2.08 bits per heavy atom. The van der Waals surface area contributed by atoms with Crippen LogP contribution in [0.4, 0.5) is 18.9 Å². The number of carboxylic acids is 1. The second-order valence-electron chi connectivity index (χ2n) is 5.55. The Morgan fingerprint density at radius 1 is 1.12 bits per heavy atom. The Labute approximate surface area is 149 Å². The molecule has 10 heteroatoms. The molecule has 5 N–H and O–H groups in total. The van der Waals surface area contributed by atoms with Crippen molar-refractivity contribution in [3.8, 4) is 0 Å². The molecule has 0 spiro atoms. The number of guanidine groups is 2. The number of likely N-dealkylation sites (tertiary alicyclic amines) is 1. The summed E-state index contributed by atoms with van der Waals surface area (Å²) in [6.07, 6.45) is -1.11. The number of aliphatic imine (C=N–C) groups is 2. The lowest BCUT2D eigenvalue weighted by molar-refractivity contribution is -0.137. The molecule has 0 aromatic heterocycles. The van der Waals surface area contributed by atoms with Crippen molar-refractivity contribution in [1.82, 2.24) is 4.90 Å². The average molecular weight is 373 g/mol. The van der Waals surface area contributed by atoms with Gasteiger partial charge >= 0.3 is 6.18 Å². The first-order chi connectivity index (χ1) is 12.1. The predicted octanol–water partition coefficient (Wildman–Crippen LogP) is 2.54. The molecular weight excluding hydrogens is 351 g/mol. The largest absolute Gasteiger partial charge is 0.481 e. The van der Waals surface area contributed by atoms with Crippen LogP contribution in [0.5, 0.6) is 0 Å². The van der Waals surface area contributed by atoms with E-state index < -0.39 is 17.7 Å². The van der Waals surface area contributed by atoms with Gasteiger partial charge in [-0.25, -0.2) is 4.99 Å². The monoisotopic (exact) mass is 373 g/mol. The number of halogens is 3. The van der Waals surface area contributed by atoms with Crippen molar-refractivity contribution >= 4 is 23.6 Å². The Morgan fingerprint density at radius 2 is 1.62 bits per heavy atom. The van der Waals surface area contributed by atoms with Crippen LogP contribution in [0.3, 0.4) is 0 Å². The van der Waals surface area contributed by atoms with Crippen molar-refractivity contribution in [2.75, 3.05) is 13.1 Å². The molecule has 0 saturated carbocycles. The molecule has 0 bridgehead atoms. The van der Waals surface area contributed by atoms with Crippen molar-refractivity contribution in [2.45, 2.75) is 32.4 Å². The van der Waals surface area contributed by atoms with Gasteiger partial charge in [-0.05, 0) is 43.5 Å². The van der Waals surface area contributed by atoms with E-state index in [2.05, 4.69) is 9.98 Å². The SMILES string of the molecule is CC(=O)O.NC(=Nc1ccc(C(F)(F)F)cc1)N=C(N)N1CCCCC1. The lowest BCUT2D eigenvalue weighted by atomic mass is 10.1. The zero-order chi connectivity index (χ0) is 19.7. The van der Waals surface area contributed by atoms with Gasteiger partial charge in [-0.1, -0.05) is 0 Å². The number of nitrogens with two attached hydrogens (primary N) is 2. The lowest BCUT2D eigenvalue weighted by Crippen LogP contribution is -2.41. The van der Waals surface area contributed by atoms with Crippen LogP contribution in [0.1, 0.15) is 31.7 Å². The highest BCUT2D eigenvalue weighted by Gasteiger charge is 2.29. The number of rotatable bonds is 1. The van der Waals surface area contributed by atoms with Gasteiger partial charge in [0.05, 0.1) is 11.3 Å². The van der Waals surface area contributed by atoms with Crippen LogP contribution < -0.4 is 11.5 Å². The molecule has 0 unspecified atom stereocenters. The highest BCUT2D eigenvalue weighted by atomic mass is 19.4. The van der Waals surface area contributed by atoms with E-state index >= 15 is 0 Å². The maximum Gasteiger partial charge on any atom is 0.416 e.